The average Bonchev–Trinajstić information content (AvgIpc) is 1.88. The number of rotatable bonds is 1. The Labute approximate surface area is 108 Å². The van der Waals surface area contributed by atoms with Crippen molar-refractivity contribution in [1.29, 1.82) is 0 Å². The van der Waals surface area contributed by atoms with Gasteiger partial charge in [0.05, 0.1) is 5.02 Å². The van der Waals surface area contributed by atoms with Gasteiger partial charge in [-0.2, -0.15) is 0 Å². The fourth-order valence-electron chi connectivity index (χ4n) is 0.623. The van der Waals surface area contributed by atoms with Crippen molar-refractivity contribution in [1.82, 2.24) is 0 Å². The van der Waals surface area contributed by atoms with Crippen LogP contribution in [0.3, 0.4) is 0 Å². The summed E-state index contributed by atoms with van der Waals surface area (Å²) in [4.78, 5) is 10.3. The molecule has 1 aromatic carbocycles. The van der Waals surface area contributed by atoms with E-state index in [9.17, 15) is 4.79 Å². The minimum atomic E-state index is 0. The Morgan fingerprint density at radius 3 is 2.45 bits per heavy atom. The van der Waals surface area contributed by atoms with Gasteiger partial charge < -0.3 is 0 Å². The molecule has 0 saturated heterocycles. The molecule has 0 aromatic heterocycles. The van der Waals surface area contributed by atoms with Gasteiger partial charge in [-0.05, 0) is 12.1 Å². The second kappa shape index (κ2) is 5.55. The first-order valence-electron chi connectivity index (χ1n) is 2.65. The van der Waals surface area contributed by atoms with Crippen LogP contribution < -0.4 is 0 Å². The molecule has 11 heavy (non-hydrogen) atoms. The topological polar surface area (TPSA) is 17.1 Å². The van der Waals surface area contributed by atoms with Crippen LogP contribution in [0.5, 0.6) is 0 Å². The van der Waals surface area contributed by atoms with Crippen molar-refractivity contribution >= 4 is 33.8 Å². The average molecular weight is 259 g/mol. The van der Waals surface area contributed by atoms with Gasteiger partial charge in [0.2, 0.25) is 0 Å². The van der Waals surface area contributed by atoms with Gasteiger partial charge in [0.25, 0.3) is 0 Å². The number of carbonyl (C=O) groups excluding carboxylic acids is 1. The Kier molecular flexibility index (Phi) is 6.01. The second-order valence-corrected chi connectivity index (χ2v) is 3.01. The third-order valence-corrected chi connectivity index (χ3v) is 2.14. The van der Waals surface area contributed by atoms with Gasteiger partial charge in [0.15, 0.2) is 6.29 Å². The second-order valence-electron chi connectivity index (χ2n) is 1.75. The van der Waals surface area contributed by atoms with E-state index in [4.69, 9.17) is 11.6 Å². The van der Waals surface area contributed by atoms with E-state index in [1.165, 1.54) is 0 Å². The van der Waals surface area contributed by atoms with Gasteiger partial charge in [0.1, 0.15) is 0 Å². The zero-order chi connectivity index (χ0) is 7.56. The van der Waals surface area contributed by atoms with E-state index in [1.54, 1.807) is 18.2 Å². The molecule has 0 fully saturated rings. The molecule has 0 N–H and O–H groups in total. The summed E-state index contributed by atoms with van der Waals surface area (Å²) < 4.78 is 0.731. The summed E-state index contributed by atoms with van der Waals surface area (Å²) in [6.45, 7) is 0. The predicted molar refractivity (Wildman–Crippen MR) is 44.5 cm³/mol. The maximum Gasteiger partial charge on any atom is 0.152 e. The van der Waals surface area contributed by atoms with E-state index in [0.29, 0.717) is 10.6 Å². The molecule has 4 heteroatoms. The Balaban J connectivity index is 0.000001000. The summed E-state index contributed by atoms with van der Waals surface area (Å²) in [6.07, 6.45) is 0.729. The zero-order valence-corrected chi connectivity index (χ0v) is 8.38. The standard InChI is InChI=1S/C7H4BrClO.Ar/c8-6-2-1-3-7(9)5(6)4-10;/h1-4H;. The molecule has 0 saturated carbocycles. The Morgan fingerprint density at radius 1 is 1.45 bits per heavy atom. The van der Waals surface area contributed by atoms with Crippen LogP contribution in [0.2, 0.25) is 5.02 Å². The molecule has 0 aliphatic rings. The molecule has 0 aliphatic carbocycles. The molecule has 0 heterocycles. The molecule has 1 nitrogen and oxygen atoms in total. The fraction of sp³-hybridized carbons (Fsp3) is 0. The van der Waals surface area contributed by atoms with E-state index in [-0.39, 0.29) is 37.7 Å². The molecular weight excluding hydrogens is 255 g/mol. The van der Waals surface area contributed by atoms with E-state index < -0.39 is 0 Å². The maximum atomic E-state index is 10.3. The van der Waals surface area contributed by atoms with Crippen molar-refractivity contribution in [3.63, 3.8) is 0 Å². The third-order valence-electron chi connectivity index (χ3n) is 1.12. The van der Waals surface area contributed by atoms with Crippen LogP contribution in [0.25, 0.3) is 0 Å². The maximum absolute atomic E-state index is 10.3. The first kappa shape index (κ1) is 11.9. The monoisotopic (exact) mass is 258 g/mol. The van der Waals surface area contributed by atoms with Crippen LogP contribution >= 0.6 is 27.5 Å². The number of aldehydes is 1. The fourth-order valence-corrected chi connectivity index (χ4v) is 1.42. The quantitative estimate of drug-likeness (QED) is 0.709. The van der Waals surface area contributed by atoms with Crippen LogP contribution in [0, 0.1) is 37.7 Å². The molecule has 1 rings (SSSR count). The number of hydrogen-bond donors (Lipinski definition) is 0. The summed E-state index contributed by atoms with van der Waals surface area (Å²) in [6, 6.07) is 5.23. The molecular formula is C7H4ArBrClO. The molecule has 0 amide bonds. The number of halogens is 2. The van der Waals surface area contributed by atoms with Crippen LogP contribution in [-0.2, 0) is 0 Å². The normalized spacial score (nSPS) is 8.55. The first-order chi connectivity index (χ1) is 4.75. The van der Waals surface area contributed by atoms with Crippen LogP contribution in [0.4, 0.5) is 0 Å². The van der Waals surface area contributed by atoms with Crippen LogP contribution in [0.1, 0.15) is 10.4 Å². The van der Waals surface area contributed by atoms with Crippen molar-refractivity contribution in [2.45, 2.75) is 0 Å². The van der Waals surface area contributed by atoms with E-state index in [2.05, 4.69) is 15.9 Å². The van der Waals surface area contributed by atoms with Crippen molar-refractivity contribution in [3.05, 3.63) is 33.3 Å². The third kappa shape index (κ3) is 3.03. The van der Waals surface area contributed by atoms with Crippen molar-refractivity contribution < 1.29 is 42.5 Å². The largest absolute Gasteiger partial charge is 0.298 e. The van der Waals surface area contributed by atoms with Gasteiger partial charge in [0, 0.05) is 47.8 Å². The van der Waals surface area contributed by atoms with Gasteiger partial charge in [-0.25, -0.2) is 0 Å². The molecule has 0 aliphatic heterocycles. The predicted octanol–water partition coefficient (Wildman–Crippen LogP) is 2.92. The zero-order valence-electron chi connectivity index (χ0n) is 5.33. The number of benzene rings is 1. The van der Waals surface area contributed by atoms with Gasteiger partial charge in [-0.3, -0.25) is 4.79 Å². The summed E-state index contributed by atoms with van der Waals surface area (Å²) in [7, 11) is 0. The molecule has 1 aromatic rings. The van der Waals surface area contributed by atoms with Gasteiger partial charge in [-0.15, -0.1) is 0 Å². The van der Waals surface area contributed by atoms with E-state index >= 15 is 0 Å². The molecule has 0 unspecified atom stereocenters. The minimum absolute atomic E-state index is 0. The summed E-state index contributed by atoms with van der Waals surface area (Å²) in [5, 5.41) is 0.476. The Hall–Kier alpha value is 0.920. The molecule has 0 atom stereocenters. The molecule has 0 bridgehead atoms. The molecule has 0 spiro atoms. The van der Waals surface area contributed by atoms with E-state index in [1.807, 2.05) is 0 Å². The smallest absolute Gasteiger partial charge is 0.152 e. The van der Waals surface area contributed by atoms with Crippen molar-refractivity contribution in [2.75, 3.05) is 0 Å². The minimum Gasteiger partial charge on any atom is -0.298 e. The molecule has 0 radical (unpaired) electrons. The first-order valence-corrected chi connectivity index (χ1v) is 3.82. The van der Waals surface area contributed by atoms with Crippen LogP contribution in [-0.4, -0.2) is 6.29 Å². The summed E-state index contributed by atoms with van der Waals surface area (Å²) >= 11 is 8.86. The van der Waals surface area contributed by atoms with Gasteiger partial charge >= 0.3 is 0 Å². The SMILES string of the molecule is O=Cc1c(Cl)cccc1Br.[Ar]. The summed E-state index contributed by atoms with van der Waals surface area (Å²) in [5.41, 5.74) is 0.504. The summed E-state index contributed by atoms with van der Waals surface area (Å²) in [5.74, 6) is 0. The van der Waals surface area contributed by atoms with Gasteiger partial charge in [-0.1, -0.05) is 33.6 Å². The Bertz CT molecular complexity index is 244. The molecule has 60 valence electrons. The number of carbonyl (C=O) groups is 1. The number of hydrogen-bond acceptors (Lipinski definition) is 1. The van der Waals surface area contributed by atoms with Crippen molar-refractivity contribution in [3.8, 4) is 0 Å². The van der Waals surface area contributed by atoms with Crippen molar-refractivity contribution in [2.24, 2.45) is 0 Å². The van der Waals surface area contributed by atoms with Crippen LogP contribution in [0.15, 0.2) is 22.7 Å². The Morgan fingerprint density at radius 2 is 2.09 bits per heavy atom. The van der Waals surface area contributed by atoms with E-state index in [0.717, 1.165) is 10.8 Å².